The second kappa shape index (κ2) is 9.09. The van der Waals surface area contributed by atoms with Gasteiger partial charge in [-0.1, -0.05) is 22.9 Å². The molecule has 0 N–H and O–H groups in total. The van der Waals surface area contributed by atoms with Gasteiger partial charge < -0.3 is 9.15 Å². The summed E-state index contributed by atoms with van der Waals surface area (Å²) in [6.07, 6.45) is 0.714. The fraction of sp³-hybridized carbons (Fsp3) is 0.368. The van der Waals surface area contributed by atoms with E-state index in [1.165, 1.54) is 28.4 Å². The average Bonchev–Trinajstić information content (AvgIpc) is 3.38. The molecule has 1 amide bonds. The van der Waals surface area contributed by atoms with Crippen LogP contribution in [0.15, 0.2) is 34.7 Å². The van der Waals surface area contributed by atoms with Gasteiger partial charge in [-0.2, -0.15) is 0 Å². The Bertz CT molecular complexity index is 1060. The maximum Gasteiger partial charge on any atom is 0.433 e. The Kier molecular flexibility index (Phi) is 6.28. The highest BCUT2D eigenvalue weighted by atomic mass is 35.5. The molecule has 1 aliphatic rings. The predicted octanol–water partition coefficient (Wildman–Crippen LogP) is 3.82. The van der Waals surface area contributed by atoms with Crippen LogP contribution >= 0.6 is 22.9 Å². The molecule has 1 aromatic carbocycles. The zero-order chi connectivity index (χ0) is 21.1. The third kappa shape index (κ3) is 4.62. The van der Waals surface area contributed by atoms with Crippen molar-refractivity contribution in [3.63, 3.8) is 0 Å². The minimum absolute atomic E-state index is 0.0923. The van der Waals surface area contributed by atoms with Crippen molar-refractivity contribution in [1.82, 2.24) is 9.88 Å². The lowest BCUT2D eigenvalue weighted by molar-refractivity contribution is -0.402. The van der Waals surface area contributed by atoms with Crippen molar-refractivity contribution in [3.05, 3.63) is 51.2 Å². The number of halogens is 1. The Morgan fingerprint density at radius 2 is 2.10 bits per heavy atom. The Morgan fingerprint density at radius 3 is 2.83 bits per heavy atom. The number of aromatic nitrogens is 1. The third-order valence-corrected chi connectivity index (χ3v) is 6.03. The lowest BCUT2D eigenvalue weighted by Crippen LogP contribution is -2.39. The second-order valence-corrected chi connectivity index (χ2v) is 8.21. The Labute approximate surface area is 180 Å². The number of benzene rings is 1. The van der Waals surface area contributed by atoms with Crippen molar-refractivity contribution in [2.45, 2.75) is 6.42 Å². The number of thiazole rings is 1. The van der Waals surface area contributed by atoms with Gasteiger partial charge in [0.05, 0.1) is 29.5 Å². The largest absolute Gasteiger partial charge is 0.433 e. The molecule has 0 radical (unpaired) electrons. The van der Waals surface area contributed by atoms with Gasteiger partial charge in [-0.05, 0) is 30.7 Å². The maximum atomic E-state index is 13.1. The molecule has 0 atom stereocenters. The molecule has 2 aromatic heterocycles. The standard InChI is InChI=1S/C19H19ClN4O5S/c20-13-2-3-14-16(12-13)30-19(21-14)23(7-1-6-22-8-10-28-11-9-22)18(25)15-4-5-17(29-15)24(26)27/h2-5,12H,1,6-11H2. The van der Waals surface area contributed by atoms with E-state index in [0.29, 0.717) is 36.3 Å². The number of carbonyl (C=O) groups excluding carboxylic acids is 1. The molecule has 9 nitrogen and oxygen atoms in total. The molecule has 11 heteroatoms. The van der Waals surface area contributed by atoms with E-state index in [4.69, 9.17) is 20.8 Å². The molecule has 1 fully saturated rings. The van der Waals surface area contributed by atoms with Gasteiger partial charge in [0.15, 0.2) is 10.9 Å². The van der Waals surface area contributed by atoms with Gasteiger partial charge in [0.25, 0.3) is 5.91 Å². The van der Waals surface area contributed by atoms with Gasteiger partial charge in [0.1, 0.15) is 4.92 Å². The van der Waals surface area contributed by atoms with Crippen LogP contribution in [-0.2, 0) is 4.74 Å². The number of rotatable bonds is 7. The molecule has 0 spiro atoms. The zero-order valence-electron chi connectivity index (χ0n) is 16.0. The van der Waals surface area contributed by atoms with Crippen LogP contribution in [0.4, 0.5) is 11.0 Å². The number of furan rings is 1. The second-order valence-electron chi connectivity index (χ2n) is 6.77. The van der Waals surface area contributed by atoms with Gasteiger partial charge in [0, 0.05) is 31.2 Å². The Morgan fingerprint density at radius 1 is 1.30 bits per heavy atom. The van der Waals surface area contributed by atoms with E-state index in [1.807, 2.05) is 0 Å². The Balaban J connectivity index is 1.57. The molecule has 3 aromatic rings. The highest BCUT2D eigenvalue weighted by molar-refractivity contribution is 7.22. The average molecular weight is 451 g/mol. The third-order valence-electron chi connectivity index (χ3n) is 4.76. The summed E-state index contributed by atoms with van der Waals surface area (Å²) >= 11 is 7.41. The SMILES string of the molecule is O=C(c1ccc([N+](=O)[O-])o1)N(CCCN1CCOCC1)c1nc2ccc(Cl)cc2s1. The van der Waals surface area contributed by atoms with Crippen LogP contribution in [0.3, 0.4) is 0 Å². The smallest absolute Gasteiger partial charge is 0.395 e. The van der Waals surface area contributed by atoms with E-state index in [9.17, 15) is 14.9 Å². The first kappa shape index (κ1) is 20.7. The van der Waals surface area contributed by atoms with Crippen LogP contribution in [0.5, 0.6) is 0 Å². The molecule has 1 saturated heterocycles. The number of hydrogen-bond acceptors (Lipinski definition) is 8. The van der Waals surface area contributed by atoms with Crippen molar-refractivity contribution < 1.29 is 18.9 Å². The lowest BCUT2D eigenvalue weighted by atomic mass is 10.3. The monoisotopic (exact) mass is 450 g/mol. The van der Waals surface area contributed by atoms with Crippen molar-refractivity contribution in [2.75, 3.05) is 44.3 Å². The van der Waals surface area contributed by atoms with Crippen LogP contribution in [0.2, 0.25) is 5.02 Å². The fourth-order valence-electron chi connectivity index (χ4n) is 3.24. The highest BCUT2D eigenvalue weighted by Crippen LogP contribution is 2.32. The number of nitrogens with zero attached hydrogens (tertiary/aromatic N) is 4. The highest BCUT2D eigenvalue weighted by Gasteiger charge is 2.26. The first-order valence-electron chi connectivity index (χ1n) is 9.43. The zero-order valence-corrected chi connectivity index (χ0v) is 17.5. The predicted molar refractivity (Wildman–Crippen MR) is 114 cm³/mol. The maximum absolute atomic E-state index is 13.1. The number of ether oxygens (including phenoxy) is 1. The molecular weight excluding hydrogens is 432 g/mol. The van der Waals surface area contributed by atoms with Gasteiger partial charge in [0.2, 0.25) is 0 Å². The van der Waals surface area contributed by atoms with Gasteiger partial charge in [-0.25, -0.2) is 4.98 Å². The minimum atomic E-state index is -0.667. The number of nitro groups is 1. The van der Waals surface area contributed by atoms with E-state index in [-0.39, 0.29) is 5.76 Å². The van der Waals surface area contributed by atoms with Gasteiger partial charge in [-0.3, -0.25) is 24.7 Å². The molecule has 1 aliphatic heterocycles. The summed E-state index contributed by atoms with van der Waals surface area (Å²) in [5.74, 6) is -1.02. The molecule has 4 rings (SSSR count). The van der Waals surface area contributed by atoms with Gasteiger partial charge in [-0.15, -0.1) is 0 Å². The molecule has 0 bridgehead atoms. The number of morpholine rings is 1. The first-order valence-corrected chi connectivity index (χ1v) is 10.6. The van der Waals surface area contributed by atoms with Crippen molar-refractivity contribution in [2.24, 2.45) is 0 Å². The summed E-state index contributed by atoms with van der Waals surface area (Å²) in [6, 6.07) is 7.84. The minimum Gasteiger partial charge on any atom is -0.395 e. The van der Waals surface area contributed by atoms with Crippen LogP contribution in [0, 0.1) is 10.1 Å². The number of hydrogen-bond donors (Lipinski definition) is 0. The van der Waals surface area contributed by atoms with Gasteiger partial charge >= 0.3 is 5.88 Å². The lowest BCUT2D eigenvalue weighted by Gasteiger charge is -2.27. The number of fused-ring (bicyclic) bond motifs is 1. The summed E-state index contributed by atoms with van der Waals surface area (Å²) in [5.41, 5.74) is 0.732. The summed E-state index contributed by atoms with van der Waals surface area (Å²) in [4.78, 5) is 31.7. The molecule has 30 heavy (non-hydrogen) atoms. The summed E-state index contributed by atoms with van der Waals surface area (Å²) in [7, 11) is 0. The summed E-state index contributed by atoms with van der Waals surface area (Å²) in [5, 5.41) is 12.0. The van der Waals surface area contributed by atoms with E-state index in [1.54, 1.807) is 18.2 Å². The number of anilines is 1. The van der Waals surface area contributed by atoms with Crippen LogP contribution in [0.1, 0.15) is 17.0 Å². The number of carbonyl (C=O) groups is 1. The van der Waals surface area contributed by atoms with E-state index in [0.717, 1.165) is 29.9 Å². The topological polar surface area (TPSA) is 102 Å². The fourth-order valence-corrected chi connectivity index (χ4v) is 4.50. The molecule has 158 valence electrons. The number of amides is 1. The van der Waals surface area contributed by atoms with Crippen LogP contribution < -0.4 is 4.90 Å². The molecule has 0 saturated carbocycles. The molecule has 0 aliphatic carbocycles. The summed E-state index contributed by atoms with van der Waals surface area (Å²) < 4.78 is 11.4. The van der Waals surface area contributed by atoms with Crippen LogP contribution in [-0.4, -0.2) is 60.1 Å². The normalized spacial score (nSPS) is 14.8. The summed E-state index contributed by atoms with van der Waals surface area (Å²) in [6.45, 7) is 4.34. The quantitative estimate of drug-likeness (QED) is 0.398. The van der Waals surface area contributed by atoms with E-state index in [2.05, 4.69) is 9.88 Å². The molecular formula is C19H19ClN4O5S. The van der Waals surface area contributed by atoms with E-state index >= 15 is 0 Å². The van der Waals surface area contributed by atoms with Crippen LogP contribution in [0.25, 0.3) is 10.2 Å². The van der Waals surface area contributed by atoms with E-state index < -0.39 is 16.7 Å². The molecule has 3 heterocycles. The van der Waals surface area contributed by atoms with Crippen molar-refractivity contribution in [1.29, 1.82) is 0 Å². The van der Waals surface area contributed by atoms with Crippen molar-refractivity contribution >= 4 is 50.1 Å². The molecule has 0 unspecified atom stereocenters. The first-order chi connectivity index (χ1) is 14.5. The van der Waals surface area contributed by atoms with Crippen molar-refractivity contribution in [3.8, 4) is 0 Å². The Hall–Kier alpha value is -2.53.